The van der Waals surface area contributed by atoms with Crippen molar-refractivity contribution in [3.8, 4) is 5.75 Å². The second kappa shape index (κ2) is 8.16. The Hall–Kier alpha value is -1.80. The summed E-state index contributed by atoms with van der Waals surface area (Å²) in [7, 11) is 0. The van der Waals surface area contributed by atoms with Crippen LogP contribution < -0.4 is 4.74 Å². The number of likely N-dealkylation sites (tertiary alicyclic amines) is 1. The highest BCUT2D eigenvalue weighted by Gasteiger charge is 2.22. The average molecular weight is 309 g/mol. The van der Waals surface area contributed by atoms with E-state index in [9.17, 15) is 0 Å². The molecular weight excluding hydrogens is 282 g/mol. The molecule has 0 saturated carbocycles. The van der Waals surface area contributed by atoms with Gasteiger partial charge < -0.3 is 4.74 Å². The van der Waals surface area contributed by atoms with Crippen molar-refractivity contribution >= 4 is 0 Å². The maximum absolute atomic E-state index is 6.25. The van der Waals surface area contributed by atoms with E-state index in [1.807, 2.05) is 0 Å². The first-order chi connectivity index (χ1) is 11.3. The van der Waals surface area contributed by atoms with Gasteiger partial charge in [0.2, 0.25) is 0 Å². The van der Waals surface area contributed by atoms with Crippen LogP contribution >= 0.6 is 0 Å². The first kappa shape index (κ1) is 16.1. The van der Waals surface area contributed by atoms with Gasteiger partial charge in [0.1, 0.15) is 5.75 Å². The normalized spacial score (nSPS) is 18.7. The first-order valence-electron chi connectivity index (χ1n) is 8.88. The molecule has 2 aromatic rings. The summed E-state index contributed by atoms with van der Waals surface area (Å²) in [6.45, 7) is 4.55. The van der Waals surface area contributed by atoms with Crippen LogP contribution in [0.4, 0.5) is 0 Å². The molecule has 2 nitrogen and oxygen atoms in total. The molecule has 0 amide bonds. The van der Waals surface area contributed by atoms with Crippen molar-refractivity contribution < 1.29 is 4.74 Å². The van der Waals surface area contributed by atoms with E-state index in [4.69, 9.17) is 4.74 Å². The highest BCUT2D eigenvalue weighted by Crippen LogP contribution is 2.22. The van der Waals surface area contributed by atoms with E-state index in [0.717, 1.165) is 25.1 Å². The zero-order valence-corrected chi connectivity index (χ0v) is 14.1. The number of benzene rings is 2. The monoisotopic (exact) mass is 309 g/mol. The van der Waals surface area contributed by atoms with E-state index in [0.29, 0.717) is 0 Å². The van der Waals surface area contributed by atoms with Crippen LogP contribution in [0.1, 0.15) is 43.7 Å². The topological polar surface area (TPSA) is 12.5 Å². The highest BCUT2D eigenvalue weighted by atomic mass is 16.5. The van der Waals surface area contributed by atoms with Crippen molar-refractivity contribution in [2.24, 2.45) is 0 Å². The SMILES string of the molecule is CCCN1CCCCC1Oc1ccc(Cc2ccccc2)cc1. The van der Waals surface area contributed by atoms with Gasteiger partial charge in [-0.25, -0.2) is 0 Å². The molecule has 1 fully saturated rings. The van der Waals surface area contributed by atoms with E-state index in [1.54, 1.807) is 0 Å². The molecule has 0 radical (unpaired) electrons. The summed E-state index contributed by atoms with van der Waals surface area (Å²) in [6, 6.07) is 19.2. The van der Waals surface area contributed by atoms with Crippen LogP contribution in [0.2, 0.25) is 0 Å². The van der Waals surface area contributed by atoms with Crippen LogP contribution in [0, 0.1) is 0 Å². The Morgan fingerprint density at radius 2 is 1.70 bits per heavy atom. The van der Waals surface area contributed by atoms with Gasteiger partial charge in [-0.1, -0.05) is 49.4 Å². The van der Waals surface area contributed by atoms with Crippen molar-refractivity contribution in [1.82, 2.24) is 4.90 Å². The van der Waals surface area contributed by atoms with Gasteiger partial charge in [-0.05, 0) is 55.4 Å². The third-order valence-corrected chi connectivity index (χ3v) is 4.51. The Balaban J connectivity index is 1.60. The zero-order chi connectivity index (χ0) is 15.9. The van der Waals surface area contributed by atoms with Crippen LogP contribution in [0.15, 0.2) is 54.6 Å². The Kier molecular flexibility index (Phi) is 5.71. The molecule has 1 unspecified atom stereocenters. The maximum atomic E-state index is 6.25. The fourth-order valence-electron chi connectivity index (χ4n) is 3.31. The van der Waals surface area contributed by atoms with Crippen LogP contribution in [-0.4, -0.2) is 24.2 Å². The lowest BCUT2D eigenvalue weighted by molar-refractivity contribution is -0.00362. The Labute approximate surface area is 140 Å². The smallest absolute Gasteiger partial charge is 0.152 e. The van der Waals surface area contributed by atoms with Gasteiger partial charge in [-0.2, -0.15) is 0 Å². The Morgan fingerprint density at radius 3 is 2.43 bits per heavy atom. The van der Waals surface area contributed by atoms with E-state index in [-0.39, 0.29) is 6.23 Å². The number of rotatable bonds is 6. The molecule has 2 heteroatoms. The molecule has 1 aliphatic rings. The predicted molar refractivity (Wildman–Crippen MR) is 95.8 cm³/mol. The van der Waals surface area contributed by atoms with E-state index < -0.39 is 0 Å². The lowest BCUT2D eigenvalue weighted by Gasteiger charge is -2.35. The van der Waals surface area contributed by atoms with Crippen molar-refractivity contribution in [3.63, 3.8) is 0 Å². The summed E-state index contributed by atoms with van der Waals surface area (Å²) in [6.07, 6.45) is 6.14. The summed E-state index contributed by atoms with van der Waals surface area (Å²) >= 11 is 0. The molecule has 3 rings (SSSR count). The largest absolute Gasteiger partial charge is 0.475 e. The number of hydrogen-bond acceptors (Lipinski definition) is 2. The van der Waals surface area contributed by atoms with Gasteiger partial charge in [0.25, 0.3) is 0 Å². The standard InChI is InChI=1S/C21H27NO/c1-2-15-22-16-7-6-10-21(22)23-20-13-11-19(12-14-20)17-18-8-4-3-5-9-18/h3-5,8-9,11-14,21H,2,6-7,10,15-17H2,1H3. The number of piperidine rings is 1. The molecular formula is C21H27NO. The predicted octanol–water partition coefficient (Wildman–Crippen LogP) is 4.88. The number of hydrogen-bond donors (Lipinski definition) is 0. The van der Waals surface area contributed by atoms with Gasteiger partial charge in [0.15, 0.2) is 6.23 Å². The molecule has 0 aliphatic carbocycles. The van der Waals surface area contributed by atoms with E-state index >= 15 is 0 Å². The summed E-state index contributed by atoms with van der Waals surface area (Å²) in [5.41, 5.74) is 2.68. The minimum absolute atomic E-state index is 0.253. The summed E-state index contributed by atoms with van der Waals surface area (Å²) in [5, 5.41) is 0. The molecule has 23 heavy (non-hydrogen) atoms. The lowest BCUT2D eigenvalue weighted by Crippen LogP contribution is -2.43. The van der Waals surface area contributed by atoms with Gasteiger partial charge in [-0.3, -0.25) is 4.90 Å². The second-order valence-electron chi connectivity index (χ2n) is 6.41. The van der Waals surface area contributed by atoms with Crippen LogP contribution in [-0.2, 0) is 6.42 Å². The van der Waals surface area contributed by atoms with E-state index in [1.165, 1.54) is 36.9 Å². The minimum atomic E-state index is 0.253. The van der Waals surface area contributed by atoms with Gasteiger partial charge >= 0.3 is 0 Å². The molecule has 1 aliphatic heterocycles. The fraction of sp³-hybridized carbons (Fsp3) is 0.429. The van der Waals surface area contributed by atoms with Crippen LogP contribution in [0.25, 0.3) is 0 Å². The molecule has 2 aromatic carbocycles. The molecule has 0 spiro atoms. The maximum Gasteiger partial charge on any atom is 0.152 e. The summed E-state index contributed by atoms with van der Waals surface area (Å²) in [5.74, 6) is 0.995. The van der Waals surface area contributed by atoms with Crippen molar-refractivity contribution in [3.05, 3.63) is 65.7 Å². The Bertz CT molecular complexity index is 577. The molecule has 1 heterocycles. The molecule has 0 bridgehead atoms. The van der Waals surface area contributed by atoms with Crippen LogP contribution in [0.5, 0.6) is 5.75 Å². The molecule has 0 N–H and O–H groups in total. The Morgan fingerprint density at radius 1 is 0.957 bits per heavy atom. The van der Waals surface area contributed by atoms with Crippen molar-refractivity contribution in [2.45, 2.75) is 45.3 Å². The van der Waals surface area contributed by atoms with Crippen molar-refractivity contribution in [1.29, 1.82) is 0 Å². The molecule has 1 saturated heterocycles. The minimum Gasteiger partial charge on any atom is -0.475 e. The third kappa shape index (κ3) is 4.59. The second-order valence-corrected chi connectivity index (χ2v) is 6.41. The highest BCUT2D eigenvalue weighted by molar-refractivity contribution is 5.31. The van der Waals surface area contributed by atoms with E-state index in [2.05, 4.69) is 66.4 Å². The molecule has 0 aromatic heterocycles. The van der Waals surface area contributed by atoms with Gasteiger partial charge in [0, 0.05) is 13.1 Å². The molecule has 1 atom stereocenters. The number of ether oxygens (including phenoxy) is 1. The molecule has 122 valence electrons. The zero-order valence-electron chi connectivity index (χ0n) is 14.1. The average Bonchev–Trinajstić information content (AvgIpc) is 2.60. The van der Waals surface area contributed by atoms with Gasteiger partial charge in [-0.15, -0.1) is 0 Å². The van der Waals surface area contributed by atoms with Crippen molar-refractivity contribution in [2.75, 3.05) is 13.1 Å². The number of nitrogens with zero attached hydrogens (tertiary/aromatic N) is 1. The quantitative estimate of drug-likeness (QED) is 0.754. The van der Waals surface area contributed by atoms with Crippen LogP contribution in [0.3, 0.4) is 0 Å². The lowest BCUT2D eigenvalue weighted by atomic mass is 10.1. The third-order valence-electron chi connectivity index (χ3n) is 4.51. The first-order valence-corrected chi connectivity index (χ1v) is 8.88. The summed E-state index contributed by atoms with van der Waals surface area (Å²) < 4.78 is 6.25. The fourth-order valence-corrected chi connectivity index (χ4v) is 3.31. The van der Waals surface area contributed by atoms with Gasteiger partial charge in [0.05, 0.1) is 0 Å². The summed E-state index contributed by atoms with van der Waals surface area (Å²) in [4.78, 5) is 2.49.